The van der Waals surface area contributed by atoms with Gasteiger partial charge in [-0.25, -0.2) is 0 Å². The molecular formula is C17H13Cl2NO. The SMILES string of the molecule is Clc1cc(Cl)cc(NC(c2ccccc2)c2ccco2)c1. The Kier molecular flexibility index (Phi) is 4.18. The molecule has 0 amide bonds. The molecule has 0 aliphatic carbocycles. The van der Waals surface area contributed by atoms with E-state index in [1.807, 2.05) is 54.6 Å². The monoisotopic (exact) mass is 317 g/mol. The van der Waals surface area contributed by atoms with Crippen molar-refractivity contribution in [2.75, 3.05) is 5.32 Å². The number of hydrogen-bond donors (Lipinski definition) is 1. The molecule has 21 heavy (non-hydrogen) atoms. The van der Waals surface area contributed by atoms with Crippen molar-refractivity contribution in [2.45, 2.75) is 6.04 Å². The highest BCUT2D eigenvalue weighted by Crippen LogP contribution is 2.30. The Bertz CT molecular complexity index is 691. The van der Waals surface area contributed by atoms with Crippen molar-refractivity contribution in [3.05, 3.63) is 88.3 Å². The van der Waals surface area contributed by atoms with Gasteiger partial charge in [-0.15, -0.1) is 0 Å². The molecule has 1 atom stereocenters. The van der Waals surface area contributed by atoms with E-state index in [0.29, 0.717) is 10.0 Å². The zero-order valence-electron chi connectivity index (χ0n) is 11.1. The molecule has 2 aromatic carbocycles. The Morgan fingerprint density at radius 2 is 1.57 bits per heavy atom. The maximum atomic E-state index is 6.06. The first-order chi connectivity index (χ1) is 10.2. The van der Waals surface area contributed by atoms with Gasteiger partial charge in [-0.2, -0.15) is 0 Å². The molecule has 1 heterocycles. The lowest BCUT2D eigenvalue weighted by Gasteiger charge is -2.19. The zero-order chi connectivity index (χ0) is 14.7. The molecule has 0 radical (unpaired) electrons. The van der Waals surface area contributed by atoms with Crippen LogP contribution >= 0.6 is 23.2 Å². The summed E-state index contributed by atoms with van der Waals surface area (Å²) >= 11 is 12.1. The number of halogens is 2. The standard InChI is InChI=1S/C17H13Cl2NO/c18-13-9-14(19)11-15(10-13)20-17(16-7-4-8-21-16)12-5-2-1-3-6-12/h1-11,17,20H. The fraction of sp³-hybridized carbons (Fsp3) is 0.0588. The molecule has 0 saturated carbocycles. The van der Waals surface area contributed by atoms with E-state index in [2.05, 4.69) is 5.32 Å². The van der Waals surface area contributed by atoms with Crippen LogP contribution in [0.5, 0.6) is 0 Å². The Morgan fingerprint density at radius 3 is 2.19 bits per heavy atom. The summed E-state index contributed by atoms with van der Waals surface area (Å²) < 4.78 is 5.55. The number of nitrogens with one attached hydrogen (secondary N) is 1. The van der Waals surface area contributed by atoms with Gasteiger partial charge in [-0.1, -0.05) is 53.5 Å². The van der Waals surface area contributed by atoms with Gasteiger partial charge in [-0.3, -0.25) is 0 Å². The maximum Gasteiger partial charge on any atom is 0.130 e. The summed E-state index contributed by atoms with van der Waals surface area (Å²) in [6.07, 6.45) is 1.66. The predicted molar refractivity (Wildman–Crippen MR) is 87.1 cm³/mol. The van der Waals surface area contributed by atoms with Crippen LogP contribution in [0.2, 0.25) is 10.0 Å². The summed E-state index contributed by atoms with van der Waals surface area (Å²) in [6.45, 7) is 0. The zero-order valence-corrected chi connectivity index (χ0v) is 12.6. The summed E-state index contributed by atoms with van der Waals surface area (Å²) in [6, 6.07) is 19.2. The van der Waals surface area contributed by atoms with Crippen molar-refractivity contribution in [3.63, 3.8) is 0 Å². The molecule has 1 aromatic heterocycles. The fourth-order valence-corrected chi connectivity index (χ4v) is 2.75. The second-order valence-corrected chi connectivity index (χ2v) is 5.53. The molecule has 1 N–H and O–H groups in total. The first-order valence-electron chi connectivity index (χ1n) is 6.53. The summed E-state index contributed by atoms with van der Waals surface area (Å²) in [5.41, 5.74) is 1.95. The minimum absolute atomic E-state index is 0.101. The van der Waals surface area contributed by atoms with Gasteiger partial charge in [0.2, 0.25) is 0 Å². The number of furan rings is 1. The average Bonchev–Trinajstić information content (AvgIpc) is 2.98. The maximum absolute atomic E-state index is 6.06. The Hall–Kier alpha value is -1.90. The highest BCUT2D eigenvalue weighted by atomic mass is 35.5. The molecule has 1 unspecified atom stereocenters. The van der Waals surface area contributed by atoms with E-state index in [1.165, 1.54) is 0 Å². The van der Waals surface area contributed by atoms with Crippen molar-refractivity contribution in [3.8, 4) is 0 Å². The normalized spacial score (nSPS) is 12.1. The van der Waals surface area contributed by atoms with Gasteiger partial charge in [0.1, 0.15) is 11.8 Å². The number of anilines is 1. The van der Waals surface area contributed by atoms with Crippen molar-refractivity contribution in [1.82, 2.24) is 0 Å². The summed E-state index contributed by atoms with van der Waals surface area (Å²) in [5, 5.41) is 4.60. The number of benzene rings is 2. The first kappa shape index (κ1) is 14.1. The lowest BCUT2D eigenvalue weighted by Crippen LogP contribution is -2.11. The molecule has 0 saturated heterocycles. The van der Waals surface area contributed by atoms with E-state index in [-0.39, 0.29) is 6.04 Å². The van der Waals surface area contributed by atoms with E-state index in [4.69, 9.17) is 27.6 Å². The Balaban J connectivity index is 1.97. The molecule has 106 valence electrons. The van der Waals surface area contributed by atoms with Gasteiger partial charge >= 0.3 is 0 Å². The third-order valence-electron chi connectivity index (χ3n) is 3.13. The number of rotatable bonds is 4. The molecule has 3 rings (SSSR count). The van der Waals surface area contributed by atoms with Crippen molar-refractivity contribution < 1.29 is 4.42 Å². The average molecular weight is 318 g/mol. The Labute approximate surface area is 133 Å². The van der Waals surface area contributed by atoms with Crippen LogP contribution in [0, 0.1) is 0 Å². The molecule has 0 spiro atoms. The molecule has 2 nitrogen and oxygen atoms in total. The molecule has 0 bridgehead atoms. The fourth-order valence-electron chi connectivity index (χ4n) is 2.22. The van der Waals surface area contributed by atoms with Crippen LogP contribution in [0.15, 0.2) is 71.3 Å². The lowest BCUT2D eigenvalue weighted by atomic mass is 10.0. The van der Waals surface area contributed by atoms with Crippen LogP contribution in [0.25, 0.3) is 0 Å². The van der Waals surface area contributed by atoms with Crippen molar-refractivity contribution in [2.24, 2.45) is 0 Å². The number of hydrogen-bond acceptors (Lipinski definition) is 2. The minimum atomic E-state index is -0.101. The van der Waals surface area contributed by atoms with Crippen molar-refractivity contribution >= 4 is 28.9 Å². The second-order valence-electron chi connectivity index (χ2n) is 4.66. The minimum Gasteiger partial charge on any atom is -0.467 e. The molecule has 3 aromatic rings. The lowest BCUT2D eigenvalue weighted by molar-refractivity contribution is 0.499. The highest BCUT2D eigenvalue weighted by molar-refractivity contribution is 6.35. The van der Waals surface area contributed by atoms with Gasteiger partial charge in [0.15, 0.2) is 0 Å². The molecular weight excluding hydrogens is 305 g/mol. The van der Waals surface area contributed by atoms with Gasteiger partial charge in [0.25, 0.3) is 0 Å². The van der Waals surface area contributed by atoms with E-state index >= 15 is 0 Å². The summed E-state index contributed by atoms with van der Waals surface area (Å²) in [5.74, 6) is 0.831. The third-order valence-corrected chi connectivity index (χ3v) is 3.57. The van der Waals surface area contributed by atoms with Gasteiger partial charge in [-0.05, 0) is 35.9 Å². The topological polar surface area (TPSA) is 25.2 Å². The van der Waals surface area contributed by atoms with Gasteiger partial charge < -0.3 is 9.73 Å². The van der Waals surface area contributed by atoms with Crippen LogP contribution in [-0.4, -0.2) is 0 Å². The van der Waals surface area contributed by atoms with Gasteiger partial charge in [0.05, 0.1) is 6.26 Å². The second kappa shape index (κ2) is 6.25. The van der Waals surface area contributed by atoms with Gasteiger partial charge in [0, 0.05) is 15.7 Å². The molecule has 0 aliphatic rings. The van der Waals surface area contributed by atoms with Crippen LogP contribution in [-0.2, 0) is 0 Å². The van der Waals surface area contributed by atoms with E-state index in [9.17, 15) is 0 Å². The smallest absolute Gasteiger partial charge is 0.130 e. The first-order valence-corrected chi connectivity index (χ1v) is 7.29. The summed E-state index contributed by atoms with van der Waals surface area (Å²) in [4.78, 5) is 0. The molecule has 0 fully saturated rings. The predicted octanol–water partition coefficient (Wildman–Crippen LogP) is 5.79. The van der Waals surface area contributed by atoms with Crippen LogP contribution in [0.1, 0.15) is 17.4 Å². The van der Waals surface area contributed by atoms with Crippen LogP contribution < -0.4 is 5.32 Å². The van der Waals surface area contributed by atoms with E-state index in [1.54, 1.807) is 12.3 Å². The van der Waals surface area contributed by atoms with Crippen LogP contribution in [0.3, 0.4) is 0 Å². The van der Waals surface area contributed by atoms with E-state index < -0.39 is 0 Å². The quantitative estimate of drug-likeness (QED) is 0.659. The Morgan fingerprint density at radius 1 is 0.857 bits per heavy atom. The van der Waals surface area contributed by atoms with Crippen molar-refractivity contribution in [1.29, 1.82) is 0 Å². The molecule has 0 aliphatic heterocycles. The molecule has 4 heteroatoms. The largest absolute Gasteiger partial charge is 0.467 e. The van der Waals surface area contributed by atoms with Crippen LogP contribution in [0.4, 0.5) is 5.69 Å². The third kappa shape index (κ3) is 3.41. The van der Waals surface area contributed by atoms with E-state index in [0.717, 1.165) is 17.0 Å². The summed E-state index contributed by atoms with van der Waals surface area (Å²) in [7, 11) is 0. The highest BCUT2D eigenvalue weighted by Gasteiger charge is 2.16.